The van der Waals surface area contributed by atoms with Crippen molar-refractivity contribution in [1.82, 2.24) is 0 Å². The summed E-state index contributed by atoms with van der Waals surface area (Å²) in [7, 11) is -3.63. The number of phenols is 1. The van der Waals surface area contributed by atoms with Crippen LogP contribution >= 0.6 is 0 Å². The van der Waals surface area contributed by atoms with Gasteiger partial charge in [0.2, 0.25) is 10.0 Å². The van der Waals surface area contributed by atoms with Crippen molar-refractivity contribution < 1.29 is 31.5 Å². The van der Waals surface area contributed by atoms with E-state index < -0.39 is 21.8 Å². The lowest BCUT2D eigenvalue weighted by molar-refractivity contribution is -0.137. The molecule has 0 saturated heterocycles. The molecule has 0 saturated carbocycles. The number of anilines is 2. The van der Waals surface area contributed by atoms with Crippen LogP contribution in [0.25, 0.3) is 11.1 Å². The highest BCUT2D eigenvalue weighted by molar-refractivity contribution is 7.92. The van der Waals surface area contributed by atoms with Crippen molar-refractivity contribution in [2.45, 2.75) is 12.6 Å². The molecule has 0 aromatic heterocycles. The Kier molecular flexibility index (Phi) is 5.57. The first-order chi connectivity index (χ1) is 15.4. The van der Waals surface area contributed by atoms with Crippen molar-refractivity contribution in [3.05, 3.63) is 77.4 Å². The number of carbonyl (C=O) groups is 1. The van der Waals surface area contributed by atoms with Gasteiger partial charge in [0.05, 0.1) is 17.5 Å². The summed E-state index contributed by atoms with van der Waals surface area (Å²) in [6.07, 6.45) is -2.96. The summed E-state index contributed by atoms with van der Waals surface area (Å²) in [6.45, 7) is 0.311. The first-order valence-electron chi connectivity index (χ1n) is 9.85. The van der Waals surface area contributed by atoms with Gasteiger partial charge < -0.3 is 10.0 Å². The van der Waals surface area contributed by atoms with Crippen LogP contribution in [0.1, 0.15) is 21.5 Å². The Morgan fingerprint density at radius 1 is 0.970 bits per heavy atom. The molecule has 3 aromatic rings. The van der Waals surface area contributed by atoms with Gasteiger partial charge in [-0.3, -0.25) is 9.52 Å². The van der Waals surface area contributed by atoms with Gasteiger partial charge in [-0.05, 0) is 59.5 Å². The van der Waals surface area contributed by atoms with Crippen molar-refractivity contribution in [2.24, 2.45) is 0 Å². The zero-order chi connectivity index (χ0) is 24.0. The van der Waals surface area contributed by atoms with E-state index in [-0.39, 0.29) is 17.3 Å². The maximum Gasteiger partial charge on any atom is 0.416 e. The van der Waals surface area contributed by atoms with Crippen molar-refractivity contribution >= 4 is 27.3 Å². The highest BCUT2D eigenvalue weighted by Gasteiger charge is 2.30. The van der Waals surface area contributed by atoms with Crippen LogP contribution < -0.4 is 9.62 Å². The van der Waals surface area contributed by atoms with E-state index >= 15 is 0 Å². The van der Waals surface area contributed by atoms with E-state index in [4.69, 9.17) is 0 Å². The molecule has 33 heavy (non-hydrogen) atoms. The topological polar surface area (TPSA) is 86.7 Å². The molecule has 0 atom stereocenters. The van der Waals surface area contributed by atoms with Crippen LogP contribution in [-0.2, 0) is 22.6 Å². The van der Waals surface area contributed by atoms with Crippen molar-refractivity contribution in [3.8, 4) is 16.9 Å². The normalized spacial score (nSPS) is 14.2. The highest BCUT2D eigenvalue weighted by atomic mass is 32.2. The zero-order valence-corrected chi connectivity index (χ0v) is 18.2. The maximum atomic E-state index is 13.1. The standard InChI is InChI=1S/C23H19F3N2O4S/c1-33(31,32)27-20-13-18(7-9-21(20)29)28-11-10-16-12-15(4-8-19(16)22(28)30)14-2-5-17(6-3-14)23(24,25)26/h2-9,12-13,27,29H,10-11H2,1H3. The molecule has 10 heteroatoms. The molecular weight excluding hydrogens is 457 g/mol. The largest absolute Gasteiger partial charge is 0.506 e. The summed E-state index contributed by atoms with van der Waals surface area (Å²) in [6, 6.07) is 14.1. The van der Waals surface area contributed by atoms with Crippen LogP contribution in [0.15, 0.2) is 60.7 Å². The Morgan fingerprint density at radius 2 is 1.64 bits per heavy atom. The second-order valence-corrected chi connectivity index (χ2v) is 9.48. The lowest BCUT2D eigenvalue weighted by atomic mass is 9.93. The number of halogens is 3. The zero-order valence-electron chi connectivity index (χ0n) is 17.3. The van der Waals surface area contributed by atoms with E-state index in [9.17, 15) is 31.5 Å². The third-order valence-corrected chi connectivity index (χ3v) is 5.91. The molecule has 4 rings (SSSR count). The van der Waals surface area contributed by atoms with E-state index in [1.165, 1.54) is 35.2 Å². The van der Waals surface area contributed by atoms with Crippen LogP contribution in [0.3, 0.4) is 0 Å². The smallest absolute Gasteiger partial charge is 0.416 e. The second-order valence-electron chi connectivity index (χ2n) is 7.73. The molecule has 0 spiro atoms. The minimum Gasteiger partial charge on any atom is -0.506 e. The molecule has 1 aliphatic rings. The van der Waals surface area contributed by atoms with Crippen LogP contribution in [0, 0.1) is 0 Å². The summed E-state index contributed by atoms with van der Waals surface area (Å²) in [5, 5.41) is 9.93. The molecule has 6 nitrogen and oxygen atoms in total. The summed E-state index contributed by atoms with van der Waals surface area (Å²) in [5.41, 5.74) is 2.18. The van der Waals surface area contributed by atoms with Gasteiger partial charge in [-0.2, -0.15) is 13.2 Å². The van der Waals surface area contributed by atoms with Gasteiger partial charge in [0, 0.05) is 17.8 Å². The third kappa shape index (κ3) is 4.80. The summed E-state index contributed by atoms with van der Waals surface area (Å²) in [5.74, 6) is -0.568. The first-order valence-corrected chi connectivity index (χ1v) is 11.7. The maximum absolute atomic E-state index is 13.1. The molecule has 2 N–H and O–H groups in total. The van der Waals surface area contributed by atoms with Crippen molar-refractivity contribution in [3.63, 3.8) is 0 Å². The minimum absolute atomic E-state index is 0.0359. The molecule has 0 aliphatic carbocycles. The van der Waals surface area contributed by atoms with Gasteiger partial charge in [0.15, 0.2) is 0 Å². The highest BCUT2D eigenvalue weighted by Crippen LogP contribution is 2.34. The predicted octanol–water partition coefficient (Wildman–Crippen LogP) is 4.65. The quantitative estimate of drug-likeness (QED) is 0.537. The number of nitrogens with zero attached hydrogens (tertiary/aromatic N) is 1. The monoisotopic (exact) mass is 476 g/mol. The molecule has 0 radical (unpaired) electrons. The van der Waals surface area contributed by atoms with E-state index in [2.05, 4.69) is 4.72 Å². The Labute approximate surface area is 188 Å². The number of alkyl halides is 3. The number of rotatable bonds is 4. The molecule has 3 aromatic carbocycles. The number of sulfonamides is 1. The van der Waals surface area contributed by atoms with E-state index in [0.29, 0.717) is 35.3 Å². The predicted molar refractivity (Wildman–Crippen MR) is 119 cm³/mol. The average Bonchev–Trinajstić information content (AvgIpc) is 2.74. The van der Waals surface area contributed by atoms with Crippen molar-refractivity contribution in [1.29, 1.82) is 0 Å². The molecule has 1 amide bonds. The Balaban J connectivity index is 1.61. The molecule has 172 valence electrons. The van der Waals surface area contributed by atoms with E-state index in [0.717, 1.165) is 24.0 Å². The number of phenolic OH excluding ortho intramolecular Hbond substituents is 1. The molecule has 1 heterocycles. The SMILES string of the molecule is CS(=O)(=O)Nc1cc(N2CCc3cc(-c4ccc(C(F)(F)F)cc4)ccc3C2=O)ccc1O. The number of benzene rings is 3. The molecule has 0 unspecified atom stereocenters. The summed E-state index contributed by atoms with van der Waals surface area (Å²) in [4.78, 5) is 14.6. The number of hydrogen-bond acceptors (Lipinski definition) is 4. The number of fused-ring (bicyclic) bond motifs is 1. The third-order valence-electron chi connectivity index (χ3n) is 5.32. The molecule has 0 bridgehead atoms. The number of aromatic hydroxyl groups is 1. The van der Waals surface area contributed by atoms with Gasteiger partial charge in [-0.25, -0.2) is 8.42 Å². The first kappa shape index (κ1) is 22.7. The lowest BCUT2D eigenvalue weighted by Crippen LogP contribution is -2.37. The van der Waals surface area contributed by atoms with Crippen LogP contribution in [0.5, 0.6) is 5.75 Å². The van der Waals surface area contributed by atoms with Crippen LogP contribution in [-0.4, -0.2) is 32.2 Å². The van der Waals surface area contributed by atoms with Crippen molar-refractivity contribution in [2.75, 3.05) is 22.4 Å². The van der Waals surface area contributed by atoms with Gasteiger partial charge in [-0.15, -0.1) is 0 Å². The Morgan fingerprint density at radius 3 is 2.27 bits per heavy atom. The number of carbonyl (C=O) groups excluding carboxylic acids is 1. The van der Waals surface area contributed by atoms with E-state index in [1.807, 2.05) is 0 Å². The minimum atomic E-state index is -4.41. The fourth-order valence-corrected chi connectivity index (χ4v) is 4.30. The van der Waals surface area contributed by atoms with Gasteiger partial charge in [-0.1, -0.05) is 24.3 Å². The van der Waals surface area contributed by atoms with Crippen LogP contribution in [0.4, 0.5) is 24.5 Å². The fraction of sp³-hybridized carbons (Fsp3) is 0.174. The summed E-state index contributed by atoms with van der Waals surface area (Å²) >= 11 is 0. The van der Waals surface area contributed by atoms with Crippen LogP contribution in [0.2, 0.25) is 0 Å². The second kappa shape index (κ2) is 8.11. The number of hydrogen-bond donors (Lipinski definition) is 2. The van der Waals surface area contributed by atoms with Gasteiger partial charge in [0.1, 0.15) is 5.75 Å². The van der Waals surface area contributed by atoms with Gasteiger partial charge >= 0.3 is 6.18 Å². The Hall–Kier alpha value is -3.53. The number of nitrogens with one attached hydrogen (secondary N) is 1. The molecule has 0 fully saturated rings. The fourth-order valence-electron chi connectivity index (χ4n) is 3.74. The lowest BCUT2D eigenvalue weighted by Gasteiger charge is -2.29. The molecular formula is C23H19F3N2O4S. The Bertz CT molecular complexity index is 1340. The van der Waals surface area contributed by atoms with E-state index in [1.54, 1.807) is 18.2 Å². The molecule has 1 aliphatic heterocycles. The van der Waals surface area contributed by atoms with Gasteiger partial charge in [0.25, 0.3) is 5.91 Å². The average molecular weight is 476 g/mol. The number of amides is 1. The summed E-state index contributed by atoms with van der Waals surface area (Å²) < 4.78 is 63.7.